The molecule has 0 spiro atoms. The van der Waals surface area contributed by atoms with Gasteiger partial charge in [0.1, 0.15) is 18.1 Å². The van der Waals surface area contributed by atoms with Crippen molar-refractivity contribution in [2.75, 3.05) is 6.61 Å². The van der Waals surface area contributed by atoms with Crippen molar-refractivity contribution in [1.82, 2.24) is 0 Å². The van der Waals surface area contributed by atoms with Crippen molar-refractivity contribution in [2.45, 2.75) is 38.5 Å². The molecule has 120 valence electrons. The van der Waals surface area contributed by atoms with Gasteiger partial charge in [0.05, 0.1) is 0 Å². The van der Waals surface area contributed by atoms with Crippen LogP contribution in [0.3, 0.4) is 0 Å². The Kier molecular flexibility index (Phi) is 6.11. The van der Waals surface area contributed by atoms with E-state index in [0.717, 1.165) is 18.6 Å². The van der Waals surface area contributed by atoms with E-state index in [1.807, 2.05) is 24.3 Å². The van der Waals surface area contributed by atoms with Crippen molar-refractivity contribution < 1.29 is 9.84 Å². The largest absolute Gasteiger partial charge is 0.508 e. The second kappa shape index (κ2) is 8.29. The quantitative estimate of drug-likeness (QED) is 0.722. The molecular weight excluding hydrogens is 284 g/mol. The van der Waals surface area contributed by atoms with Crippen molar-refractivity contribution in [3.8, 4) is 23.8 Å². The Morgan fingerprint density at radius 1 is 1.04 bits per heavy atom. The normalized spacial score (nSPS) is 13.1. The minimum atomic E-state index is 0.300. The smallest absolute Gasteiger partial charge is 0.148 e. The first-order valence-electron chi connectivity index (χ1n) is 8.09. The molecule has 0 aromatic heterocycles. The second-order valence-electron chi connectivity index (χ2n) is 5.90. The fraction of sp³-hybridized carbons (Fsp3) is 0.333. The SMILES string of the molecule is C#CCOc1ccc(C(CC)CC(C)c2ccc(O)cc2)cc1. The lowest BCUT2D eigenvalue weighted by molar-refractivity contribution is 0.370. The summed E-state index contributed by atoms with van der Waals surface area (Å²) in [4.78, 5) is 0. The van der Waals surface area contributed by atoms with Gasteiger partial charge in [0.15, 0.2) is 0 Å². The summed E-state index contributed by atoms with van der Waals surface area (Å²) in [6.07, 6.45) is 7.37. The van der Waals surface area contributed by atoms with Crippen LogP contribution >= 0.6 is 0 Å². The molecule has 0 aliphatic rings. The molecule has 0 aliphatic carbocycles. The van der Waals surface area contributed by atoms with Gasteiger partial charge in [-0.1, -0.05) is 44.0 Å². The van der Waals surface area contributed by atoms with Crippen LogP contribution in [0.25, 0.3) is 0 Å². The van der Waals surface area contributed by atoms with Crippen LogP contribution in [0.5, 0.6) is 11.5 Å². The zero-order valence-electron chi connectivity index (χ0n) is 13.8. The van der Waals surface area contributed by atoms with E-state index >= 15 is 0 Å². The lowest BCUT2D eigenvalue weighted by atomic mass is 9.84. The first-order chi connectivity index (χ1) is 11.1. The van der Waals surface area contributed by atoms with Crippen LogP contribution in [0.1, 0.15) is 49.7 Å². The molecule has 2 nitrogen and oxygen atoms in total. The van der Waals surface area contributed by atoms with Crippen molar-refractivity contribution in [1.29, 1.82) is 0 Å². The number of hydrogen-bond acceptors (Lipinski definition) is 2. The van der Waals surface area contributed by atoms with Crippen molar-refractivity contribution in [3.05, 3.63) is 59.7 Å². The average molecular weight is 308 g/mol. The number of hydrogen-bond donors (Lipinski definition) is 1. The fourth-order valence-corrected chi connectivity index (χ4v) is 2.87. The molecule has 1 N–H and O–H groups in total. The van der Waals surface area contributed by atoms with Crippen molar-refractivity contribution in [2.24, 2.45) is 0 Å². The zero-order chi connectivity index (χ0) is 16.7. The topological polar surface area (TPSA) is 29.5 Å². The van der Waals surface area contributed by atoms with Crippen LogP contribution in [-0.4, -0.2) is 11.7 Å². The van der Waals surface area contributed by atoms with Gasteiger partial charge in [0.25, 0.3) is 0 Å². The van der Waals surface area contributed by atoms with Gasteiger partial charge < -0.3 is 9.84 Å². The zero-order valence-corrected chi connectivity index (χ0v) is 13.8. The highest BCUT2D eigenvalue weighted by Crippen LogP contribution is 2.33. The van der Waals surface area contributed by atoms with E-state index < -0.39 is 0 Å². The third-order valence-corrected chi connectivity index (χ3v) is 4.27. The van der Waals surface area contributed by atoms with Gasteiger partial charge in [-0.05, 0) is 60.1 Å². The van der Waals surface area contributed by atoms with Crippen LogP contribution in [0.4, 0.5) is 0 Å². The van der Waals surface area contributed by atoms with Crippen LogP contribution in [0.15, 0.2) is 48.5 Å². The van der Waals surface area contributed by atoms with Crippen LogP contribution in [-0.2, 0) is 0 Å². The molecule has 0 amide bonds. The summed E-state index contributed by atoms with van der Waals surface area (Å²) in [5, 5.41) is 9.41. The first-order valence-corrected chi connectivity index (χ1v) is 8.09. The summed E-state index contributed by atoms with van der Waals surface area (Å²) in [6, 6.07) is 15.7. The summed E-state index contributed by atoms with van der Waals surface area (Å²) < 4.78 is 5.43. The van der Waals surface area contributed by atoms with E-state index in [1.165, 1.54) is 11.1 Å². The predicted octanol–water partition coefficient (Wildman–Crippen LogP) is 5.09. The minimum absolute atomic E-state index is 0.300. The second-order valence-corrected chi connectivity index (χ2v) is 5.90. The molecule has 0 aliphatic heterocycles. The van der Waals surface area contributed by atoms with Gasteiger partial charge in [-0.25, -0.2) is 0 Å². The Bertz CT molecular complexity index is 635. The number of terminal acetylenes is 1. The molecule has 0 bridgehead atoms. The lowest BCUT2D eigenvalue weighted by Gasteiger charge is -2.21. The summed E-state index contributed by atoms with van der Waals surface area (Å²) in [5.41, 5.74) is 2.58. The van der Waals surface area contributed by atoms with Crippen LogP contribution in [0, 0.1) is 12.3 Å². The Balaban J connectivity index is 2.04. The maximum atomic E-state index is 9.41. The Labute approximate surface area is 139 Å². The molecule has 2 heteroatoms. The van der Waals surface area contributed by atoms with Gasteiger partial charge in [-0.3, -0.25) is 0 Å². The maximum absolute atomic E-state index is 9.41. The predicted molar refractivity (Wildman–Crippen MR) is 94.9 cm³/mol. The molecule has 23 heavy (non-hydrogen) atoms. The number of ether oxygens (including phenoxy) is 1. The third kappa shape index (κ3) is 4.79. The molecule has 2 atom stereocenters. The number of aromatic hydroxyl groups is 1. The Morgan fingerprint density at radius 2 is 1.65 bits per heavy atom. The van der Waals surface area contributed by atoms with E-state index in [0.29, 0.717) is 24.2 Å². The van der Waals surface area contributed by atoms with Gasteiger partial charge in [-0.2, -0.15) is 0 Å². The average Bonchev–Trinajstić information content (AvgIpc) is 2.59. The molecule has 2 aromatic carbocycles. The van der Waals surface area contributed by atoms with Gasteiger partial charge in [0, 0.05) is 0 Å². The number of benzene rings is 2. The van der Waals surface area contributed by atoms with Gasteiger partial charge in [0.2, 0.25) is 0 Å². The molecule has 0 fully saturated rings. The first kappa shape index (κ1) is 17.0. The summed E-state index contributed by atoms with van der Waals surface area (Å²) in [7, 11) is 0. The van der Waals surface area contributed by atoms with Crippen LogP contribution in [0.2, 0.25) is 0 Å². The highest BCUT2D eigenvalue weighted by molar-refractivity contribution is 5.31. The number of phenolic OH excluding ortho intramolecular Hbond substituents is 1. The maximum Gasteiger partial charge on any atom is 0.148 e. The molecule has 2 aromatic rings. The monoisotopic (exact) mass is 308 g/mol. The molecule has 0 radical (unpaired) electrons. The van der Waals surface area contributed by atoms with E-state index in [2.05, 4.69) is 31.9 Å². The Hall–Kier alpha value is -2.40. The highest BCUT2D eigenvalue weighted by atomic mass is 16.5. The molecule has 0 saturated heterocycles. The fourth-order valence-electron chi connectivity index (χ4n) is 2.87. The minimum Gasteiger partial charge on any atom is -0.508 e. The summed E-state index contributed by atoms with van der Waals surface area (Å²) >= 11 is 0. The van der Waals surface area contributed by atoms with E-state index in [1.54, 1.807) is 12.1 Å². The molecule has 0 heterocycles. The van der Waals surface area contributed by atoms with Crippen LogP contribution < -0.4 is 4.74 Å². The standard InChI is InChI=1S/C21H24O2/c1-4-14-23-21-12-8-19(9-13-21)17(5-2)15-16(3)18-6-10-20(22)11-7-18/h1,6-13,16-17,22H,5,14-15H2,2-3H3. The van der Waals surface area contributed by atoms with Gasteiger partial charge >= 0.3 is 0 Å². The van der Waals surface area contributed by atoms with Crippen molar-refractivity contribution >= 4 is 0 Å². The number of rotatable bonds is 7. The molecular formula is C21H24O2. The highest BCUT2D eigenvalue weighted by Gasteiger charge is 2.15. The van der Waals surface area contributed by atoms with E-state index in [4.69, 9.17) is 11.2 Å². The molecule has 2 unspecified atom stereocenters. The molecule has 2 rings (SSSR count). The summed E-state index contributed by atoms with van der Waals surface area (Å²) in [5.74, 6) is 4.54. The van der Waals surface area contributed by atoms with E-state index in [-0.39, 0.29) is 0 Å². The number of phenols is 1. The van der Waals surface area contributed by atoms with Crippen molar-refractivity contribution in [3.63, 3.8) is 0 Å². The molecule has 0 saturated carbocycles. The summed E-state index contributed by atoms with van der Waals surface area (Å²) in [6.45, 7) is 4.75. The lowest BCUT2D eigenvalue weighted by Crippen LogP contribution is -2.04. The van der Waals surface area contributed by atoms with Gasteiger partial charge in [-0.15, -0.1) is 6.42 Å². The third-order valence-electron chi connectivity index (χ3n) is 4.27. The Morgan fingerprint density at radius 3 is 2.22 bits per heavy atom. The van der Waals surface area contributed by atoms with E-state index in [9.17, 15) is 5.11 Å².